The Morgan fingerprint density at radius 2 is 2.11 bits per heavy atom. The fourth-order valence-corrected chi connectivity index (χ4v) is 1.51. The maximum Gasteiger partial charge on any atom is 0.140 e. The SMILES string of the molecule is C=C[C@@H](O)CC(=O)[C@H](C)COCc1ccccc1. The van der Waals surface area contributed by atoms with E-state index in [4.69, 9.17) is 4.74 Å². The molecule has 0 bridgehead atoms. The summed E-state index contributed by atoms with van der Waals surface area (Å²) in [6.45, 7) is 6.13. The number of ether oxygens (including phenoxy) is 1. The van der Waals surface area contributed by atoms with Crippen molar-refractivity contribution in [3.63, 3.8) is 0 Å². The number of benzene rings is 1. The molecule has 0 spiro atoms. The fraction of sp³-hybridized carbons (Fsp3) is 0.400. The van der Waals surface area contributed by atoms with Crippen LogP contribution >= 0.6 is 0 Å². The van der Waals surface area contributed by atoms with Crippen LogP contribution in [-0.4, -0.2) is 23.6 Å². The second kappa shape index (κ2) is 7.80. The minimum Gasteiger partial charge on any atom is -0.389 e. The number of hydrogen-bond donors (Lipinski definition) is 1. The summed E-state index contributed by atoms with van der Waals surface area (Å²) in [7, 11) is 0. The molecule has 2 atom stereocenters. The number of hydrogen-bond acceptors (Lipinski definition) is 3. The molecule has 3 heteroatoms. The molecule has 0 aliphatic rings. The topological polar surface area (TPSA) is 46.5 Å². The van der Waals surface area contributed by atoms with E-state index in [-0.39, 0.29) is 18.1 Å². The van der Waals surface area contributed by atoms with Gasteiger partial charge < -0.3 is 9.84 Å². The van der Waals surface area contributed by atoms with Gasteiger partial charge in [-0.3, -0.25) is 4.79 Å². The Morgan fingerprint density at radius 1 is 1.44 bits per heavy atom. The molecule has 0 aromatic heterocycles. The third-order valence-electron chi connectivity index (χ3n) is 2.71. The van der Waals surface area contributed by atoms with Gasteiger partial charge in [-0.05, 0) is 5.56 Å². The zero-order chi connectivity index (χ0) is 13.4. The normalized spacial score (nSPS) is 13.9. The Balaban J connectivity index is 2.26. The fourth-order valence-electron chi connectivity index (χ4n) is 1.51. The lowest BCUT2D eigenvalue weighted by Gasteiger charge is -2.12. The van der Waals surface area contributed by atoms with Crippen LogP contribution in [0.3, 0.4) is 0 Å². The van der Waals surface area contributed by atoms with E-state index in [1.807, 2.05) is 37.3 Å². The third-order valence-corrected chi connectivity index (χ3v) is 2.71. The second-order valence-electron chi connectivity index (χ2n) is 4.38. The van der Waals surface area contributed by atoms with Crippen LogP contribution in [0.5, 0.6) is 0 Å². The van der Waals surface area contributed by atoms with Crippen LogP contribution in [-0.2, 0) is 16.1 Å². The Bertz CT molecular complexity index is 373. The molecule has 1 rings (SSSR count). The van der Waals surface area contributed by atoms with Crippen LogP contribution in [0.2, 0.25) is 0 Å². The highest BCUT2D eigenvalue weighted by Gasteiger charge is 2.15. The zero-order valence-electron chi connectivity index (χ0n) is 10.7. The summed E-state index contributed by atoms with van der Waals surface area (Å²) < 4.78 is 5.49. The van der Waals surface area contributed by atoms with Gasteiger partial charge >= 0.3 is 0 Å². The van der Waals surface area contributed by atoms with Gasteiger partial charge in [-0.25, -0.2) is 0 Å². The Morgan fingerprint density at radius 3 is 2.72 bits per heavy atom. The highest BCUT2D eigenvalue weighted by Crippen LogP contribution is 2.07. The van der Waals surface area contributed by atoms with Crippen LogP contribution in [0.25, 0.3) is 0 Å². The Kier molecular flexibility index (Phi) is 6.33. The van der Waals surface area contributed by atoms with Crippen LogP contribution < -0.4 is 0 Å². The van der Waals surface area contributed by atoms with E-state index in [1.165, 1.54) is 6.08 Å². The molecule has 0 unspecified atom stereocenters. The number of aliphatic hydroxyl groups excluding tert-OH is 1. The minimum atomic E-state index is -0.755. The molecule has 1 aromatic rings. The van der Waals surface area contributed by atoms with Gasteiger partial charge in [-0.15, -0.1) is 6.58 Å². The molecule has 0 saturated heterocycles. The lowest BCUT2D eigenvalue weighted by molar-refractivity contribution is -0.125. The van der Waals surface area contributed by atoms with E-state index >= 15 is 0 Å². The minimum absolute atomic E-state index is 0.00420. The van der Waals surface area contributed by atoms with E-state index in [1.54, 1.807) is 0 Å². The first-order chi connectivity index (χ1) is 8.63. The van der Waals surface area contributed by atoms with Crippen LogP contribution in [0.4, 0.5) is 0 Å². The molecule has 0 aliphatic carbocycles. The number of Topliss-reactive ketones (excluding diaryl/α,β-unsaturated/α-hetero) is 1. The van der Waals surface area contributed by atoms with Crippen LogP contribution in [0.1, 0.15) is 18.9 Å². The number of carbonyl (C=O) groups excluding carboxylic acids is 1. The summed E-state index contributed by atoms with van der Waals surface area (Å²) >= 11 is 0. The van der Waals surface area contributed by atoms with Crippen molar-refractivity contribution in [2.75, 3.05) is 6.61 Å². The van der Waals surface area contributed by atoms with Gasteiger partial charge in [0.15, 0.2) is 0 Å². The molecule has 3 nitrogen and oxygen atoms in total. The van der Waals surface area contributed by atoms with Crippen molar-refractivity contribution in [1.29, 1.82) is 0 Å². The quantitative estimate of drug-likeness (QED) is 0.718. The molecule has 0 radical (unpaired) electrons. The van der Waals surface area contributed by atoms with Gasteiger partial charge in [0.05, 0.1) is 19.3 Å². The lowest BCUT2D eigenvalue weighted by atomic mass is 10.0. The standard InChI is InChI=1S/C15H20O3/c1-3-14(16)9-15(17)12(2)10-18-11-13-7-5-4-6-8-13/h3-8,12,14,16H,1,9-11H2,2H3/t12-,14-/m1/s1. The predicted molar refractivity (Wildman–Crippen MR) is 71.1 cm³/mol. The summed E-state index contributed by atoms with van der Waals surface area (Å²) in [6, 6.07) is 9.82. The van der Waals surface area contributed by atoms with Crippen molar-refractivity contribution in [3.05, 3.63) is 48.6 Å². The number of ketones is 1. The first kappa shape index (κ1) is 14.6. The van der Waals surface area contributed by atoms with E-state index in [0.29, 0.717) is 13.2 Å². The van der Waals surface area contributed by atoms with Gasteiger partial charge in [-0.2, -0.15) is 0 Å². The first-order valence-electron chi connectivity index (χ1n) is 6.08. The molecule has 0 amide bonds. The third kappa shape index (κ3) is 5.25. The lowest BCUT2D eigenvalue weighted by Crippen LogP contribution is -2.21. The zero-order valence-corrected chi connectivity index (χ0v) is 10.7. The van der Waals surface area contributed by atoms with Crippen molar-refractivity contribution in [1.82, 2.24) is 0 Å². The summed E-state index contributed by atoms with van der Waals surface area (Å²) in [5, 5.41) is 9.30. The summed E-state index contributed by atoms with van der Waals surface area (Å²) in [5.74, 6) is -0.209. The molecule has 0 fully saturated rings. The molecule has 0 saturated carbocycles. The van der Waals surface area contributed by atoms with Crippen LogP contribution in [0, 0.1) is 5.92 Å². The van der Waals surface area contributed by atoms with Crippen molar-refractivity contribution in [3.8, 4) is 0 Å². The maximum absolute atomic E-state index is 11.7. The van der Waals surface area contributed by atoms with Crippen molar-refractivity contribution in [2.45, 2.75) is 26.1 Å². The Labute approximate surface area is 108 Å². The van der Waals surface area contributed by atoms with E-state index in [2.05, 4.69) is 6.58 Å². The summed E-state index contributed by atoms with van der Waals surface area (Å²) in [4.78, 5) is 11.7. The smallest absolute Gasteiger partial charge is 0.140 e. The molecule has 98 valence electrons. The first-order valence-corrected chi connectivity index (χ1v) is 6.08. The summed E-state index contributed by atoms with van der Waals surface area (Å²) in [6.07, 6.45) is 0.725. The molecular weight excluding hydrogens is 228 g/mol. The monoisotopic (exact) mass is 248 g/mol. The largest absolute Gasteiger partial charge is 0.389 e. The van der Waals surface area contributed by atoms with Crippen molar-refractivity contribution in [2.24, 2.45) is 5.92 Å². The highest BCUT2D eigenvalue weighted by atomic mass is 16.5. The van der Waals surface area contributed by atoms with Gasteiger partial charge in [0.1, 0.15) is 5.78 Å². The van der Waals surface area contributed by atoms with E-state index in [0.717, 1.165) is 5.56 Å². The van der Waals surface area contributed by atoms with E-state index in [9.17, 15) is 9.90 Å². The molecular formula is C15H20O3. The van der Waals surface area contributed by atoms with Gasteiger partial charge in [-0.1, -0.05) is 43.3 Å². The second-order valence-corrected chi connectivity index (χ2v) is 4.38. The van der Waals surface area contributed by atoms with Gasteiger partial charge in [0, 0.05) is 12.3 Å². The predicted octanol–water partition coefficient (Wildman–Crippen LogP) is 2.35. The van der Waals surface area contributed by atoms with Crippen molar-refractivity contribution < 1.29 is 14.6 Å². The molecule has 18 heavy (non-hydrogen) atoms. The molecule has 0 aliphatic heterocycles. The highest BCUT2D eigenvalue weighted by molar-refractivity contribution is 5.81. The maximum atomic E-state index is 11.7. The number of carbonyl (C=O) groups is 1. The van der Waals surface area contributed by atoms with E-state index < -0.39 is 6.10 Å². The number of rotatable bonds is 8. The molecule has 1 aromatic carbocycles. The average Bonchev–Trinajstić information content (AvgIpc) is 2.39. The average molecular weight is 248 g/mol. The van der Waals surface area contributed by atoms with Crippen molar-refractivity contribution >= 4 is 5.78 Å². The van der Waals surface area contributed by atoms with Gasteiger partial charge in [0.2, 0.25) is 0 Å². The molecule has 0 heterocycles. The van der Waals surface area contributed by atoms with Crippen LogP contribution in [0.15, 0.2) is 43.0 Å². The molecule has 1 N–H and O–H groups in total. The van der Waals surface area contributed by atoms with Gasteiger partial charge in [0.25, 0.3) is 0 Å². The summed E-state index contributed by atoms with van der Waals surface area (Å²) in [5.41, 5.74) is 1.09. The number of aliphatic hydroxyl groups is 1. The Hall–Kier alpha value is -1.45.